The lowest BCUT2D eigenvalue weighted by molar-refractivity contribution is -0.116. The summed E-state index contributed by atoms with van der Waals surface area (Å²) < 4.78 is 35.1. The molecule has 0 saturated carbocycles. The fourth-order valence-corrected chi connectivity index (χ4v) is 5.36. The van der Waals surface area contributed by atoms with E-state index < -0.39 is 10.0 Å². The molecule has 0 aliphatic carbocycles. The standard InChI is InChI=1S/C18H23BrN4O4S/c1-13-18(28(25,26)22-8-10-27-11-9-22)14(2)23(21-13)7-6-17(24)20-16-5-3-4-15(19)12-16/h3-5,12H,6-11H2,1-2H3,(H,20,24). The zero-order chi connectivity index (χ0) is 20.3. The lowest BCUT2D eigenvalue weighted by Gasteiger charge is -2.26. The summed E-state index contributed by atoms with van der Waals surface area (Å²) in [5.41, 5.74) is 1.68. The van der Waals surface area contributed by atoms with Crippen molar-refractivity contribution >= 4 is 37.5 Å². The van der Waals surface area contributed by atoms with Crippen molar-refractivity contribution in [3.05, 3.63) is 40.1 Å². The normalized spacial score (nSPS) is 15.5. The second kappa shape index (κ2) is 8.73. The summed E-state index contributed by atoms with van der Waals surface area (Å²) >= 11 is 3.37. The van der Waals surface area contributed by atoms with Gasteiger partial charge in [-0.1, -0.05) is 22.0 Å². The Morgan fingerprint density at radius 3 is 2.68 bits per heavy atom. The van der Waals surface area contributed by atoms with Crippen molar-refractivity contribution < 1.29 is 17.9 Å². The quantitative estimate of drug-likeness (QED) is 0.698. The van der Waals surface area contributed by atoms with Gasteiger partial charge in [0.15, 0.2) is 0 Å². The van der Waals surface area contributed by atoms with Crippen molar-refractivity contribution in [2.24, 2.45) is 0 Å². The van der Waals surface area contributed by atoms with E-state index in [1.54, 1.807) is 24.6 Å². The maximum absolute atomic E-state index is 13.0. The number of nitrogens with zero attached hydrogens (tertiary/aromatic N) is 3. The van der Waals surface area contributed by atoms with Gasteiger partial charge < -0.3 is 10.1 Å². The maximum atomic E-state index is 13.0. The third-order valence-corrected chi connectivity index (χ3v) is 7.19. The number of aromatic nitrogens is 2. The number of carbonyl (C=O) groups excluding carboxylic acids is 1. The van der Waals surface area contributed by atoms with E-state index in [4.69, 9.17) is 4.74 Å². The molecule has 1 aromatic carbocycles. The largest absolute Gasteiger partial charge is 0.379 e. The number of nitrogens with one attached hydrogen (secondary N) is 1. The summed E-state index contributed by atoms with van der Waals surface area (Å²) in [6.45, 7) is 5.15. The highest BCUT2D eigenvalue weighted by Crippen LogP contribution is 2.24. The first-order valence-electron chi connectivity index (χ1n) is 8.96. The Labute approximate surface area is 173 Å². The molecule has 2 heterocycles. The fraction of sp³-hybridized carbons (Fsp3) is 0.444. The average Bonchev–Trinajstić information content (AvgIpc) is 2.95. The number of amides is 1. The molecule has 0 bridgehead atoms. The van der Waals surface area contributed by atoms with Gasteiger partial charge in [0.05, 0.1) is 31.1 Å². The minimum atomic E-state index is -3.63. The molecule has 0 radical (unpaired) electrons. The van der Waals surface area contributed by atoms with Crippen molar-refractivity contribution in [2.75, 3.05) is 31.6 Å². The molecule has 28 heavy (non-hydrogen) atoms. The van der Waals surface area contributed by atoms with Gasteiger partial charge >= 0.3 is 0 Å². The third-order valence-electron chi connectivity index (χ3n) is 4.54. The van der Waals surface area contributed by atoms with Crippen molar-refractivity contribution in [2.45, 2.75) is 31.7 Å². The molecular formula is C18H23BrN4O4S. The number of ether oxygens (including phenoxy) is 1. The summed E-state index contributed by atoms with van der Waals surface area (Å²) in [7, 11) is -3.63. The van der Waals surface area contributed by atoms with Crippen molar-refractivity contribution in [1.82, 2.24) is 14.1 Å². The number of carbonyl (C=O) groups is 1. The second-order valence-electron chi connectivity index (χ2n) is 6.55. The van der Waals surface area contributed by atoms with E-state index >= 15 is 0 Å². The van der Waals surface area contributed by atoms with Crippen LogP contribution in [0.5, 0.6) is 0 Å². The molecule has 1 fully saturated rings. The van der Waals surface area contributed by atoms with Crippen LogP contribution in [-0.2, 0) is 26.1 Å². The Hall–Kier alpha value is -1.75. The van der Waals surface area contributed by atoms with E-state index in [0.29, 0.717) is 49.9 Å². The maximum Gasteiger partial charge on any atom is 0.246 e. The van der Waals surface area contributed by atoms with E-state index in [2.05, 4.69) is 26.3 Å². The number of hydrogen-bond acceptors (Lipinski definition) is 5. The van der Waals surface area contributed by atoms with Crippen LogP contribution in [0.15, 0.2) is 33.6 Å². The smallest absolute Gasteiger partial charge is 0.246 e. The van der Waals surface area contributed by atoms with E-state index in [0.717, 1.165) is 4.47 Å². The first-order valence-corrected chi connectivity index (χ1v) is 11.2. The van der Waals surface area contributed by atoms with Gasteiger partial charge in [0, 0.05) is 29.7 Å². The Balaban J connectivity index is 1.70. The summed E-state index contributed by atoms with van der Waals surface area (Å²) in [5, 5.41) is 7.18. The zero-order valence-electron chi connectivity index (χ0n) is 15.8. The van der Waals surface area contributed by atoms with E-state index in [1.165, 1.54) is 4.31 Å². The number of aryl methyl sites for hydroxylation is 2. The molecule has 10 heteroatoms. The van der Waals surface area contributed by atoms with Crippen LogP contribution in [0.1, 0.15) is 17.8 Å². The first-order chi connectivity index (χ1) is 13.3. The third kappa shape index (κ3) is 4.62. The number of morpholine rings is 1. The number of rotatable bonds is 6. The number of halogens is 1. The van der Waals surface area contributed by atoms with Crippen LogP contribution >= 0.6 is 15.9 Å². The van der Waals surface area contributed by atoms with Crippen LogP contribution in [0.2, 0.25) is 0 Å². The van der Waals surface area contributed by atoms with Gasteiger partial charge in [0.1, 0.15) is 4.90 Å². The van der Waals surface area contributed by atoms with Gasteiger partial charge in [-0.25, -0.2) is 8.42 Å². The predicted molar refractivity (Wildman–Crippen MR) is 109 cm³/mol. The second-order valence-corrected chi connectivity index (χ2v) is 9.34. The van der Waals surface area contributed by atoms with Gasteiger partial charge in [-0.3, -0.25) is 9.48 Å². The van der Waals surface area contributed by atoms with Gasteiger partial charge in [-0.2, -0.15) is 9.40 Å². The molecular weight excluding hydrogens is 448 g/mol. The Morgan fingerprint density at radius 1 is 1.29 bits per heavy atom. The molecule has 1 aliphatic heterocycles. The van der Waals surface area contributed by atoms with Crippen molar-refractivity contribution in [3.8, 4) is 0 Å². The van der Waals surface area contributed by atoms with E-state index in [1.807, 2.05) is 18.2 Å². The predicted octanol–water partition coefficient (Wildman–Crippen LogP) is 2.31. The number of benzene rings is 1. The Morgan fingerprint density at radius 2 is 2.00 bits per heavy atom. The zero-order valence-corrected chi connectivity index (χ0v) is 18.2. The van der Waals surface area contributed by atoms with Gasteiger partial charge in [0.25, 0.3) is 0 Å². The summed E-state index contributed by atoms with van der Waals surface area (Å²) in [4.78, 5) is 12.5. The van der Waals surface area contributed by atoms with Crippen molar-refractivity contribution in [3.63, 3.8) is 0 Å². The molecule has 1 amide bonds. The van der Waals surface area contributed by atoms with Crippen molar-refractivity contribution in [1.29, 1.82) is 0 Å². The fourth-order valence-electron chi connectivity index (χ4n) is 3.18. The SMILES string of the molecule is Cc1nn(CCC(=O)Nc2cccc(Br)c2)c(C)c1S(=O)(=O)N1CCOCC1. The van der Waals surface area contributed by atoms with Crippen LogP contribution in [0.3, 0.4) is 0 Å². The van der Waals surface area contributed by atoms with Gasteiger partial charge in [0.2, 0.25) is 15.9 Å². The van der Waals surface area contributed by atoms with E-state index in [-0.39, 0.29) is 17.2 Å². The molecule has 3 rings (SSSR count). The molecule has 1 N–H and O–H groups in total. The summed E-state index contributed by atoms with van der Waals surface area (Å²) in [5.74, 6) is -0.164. The highest BCUT2D eigenvalue weighted by molar-refractivity contribution is 9.10. The molecule has 2 aromatic rings. The van der Waals surface area contributed by atoms with Crippen LogP contribution in [0.25, 0.3) is 0 Å². The molecule has 152 valence electrons. The topological polar surface area (TPSA) is 93.5 Å². The average molecular weight is 471 g/mol. The highest BCUT2D eigenvalue weighted by atomic mass is 79.9. The summed E-state index contributed by atoms with van der Waals surface area (Å²) in [6, 6.07) is 7.33. The molecule has 1 saturated heterocycles. The minimum Gasteiger partial charge on any atom is -0.379 e. The lowest BCUT2D eigenvalue weighted by Crippen LogP contribution is -2.41. The summed E-state index contributed by atoms with van der Waals surface area (Å²) in [6.07, 6.45) is 0.186. The number of sulfonamides is 1. The Kier molecular flexibility index (Phi) is 6.54. The van der Waals surface area contributed by atoms with Crippen LogP contribution in [0, 0.1) is 13.8 Å². The molecule has 0 spiro atoms. The number of anilines is 1. The molecule has 8 nitrogen and oxygen atoms in total. The molecule has 0 unspecified atom stereocenters. The van der Waals surface area contributed by atoms with Crippen LogP contribution in [0.4, 0.5) is 5.69 Å². The first kappa shape index (κ1) is 21.0. The highest BCUT2D eigenvalue weighted by Gasteiger charge is 2.32. The van der Waals surface area contributed by atoms with Crippen LogP contribution < -0.4 is 5.32 Å². The number of hydrogen-bond donors (Lipinski definition) is 1. The molecule has 1 aliphatic rings. The van der Waals surface area contributed by atoms with Gasteiger partial charge in [-0.15, -0.1) is 0 Å². The Bertz CT molecular complexity index is 968. The van der Waals surface area contributed by atoms with Crippen LogP contribution in [-0.4, -0.2) is 54.7 Å². The lowest BCUT2D eigenvalue weighted by atomic mass is 10.3. The minimum absolute atomic E-state index is 0.164. The monoisotopic (exact) mass is 470 g/mol. The van der Waals surface area contributed by atoms with E-state index in [9.17, 15) is 13.2 Å². The molecule has 1 aromatic heterocycles. The van der Waals surface area contributed by atoms with Gasteiger partial charge in [-0.05, 0) is 32.0 Å². The molecule has 0 atom stereocenters.